The quantitative estimate of drug-likeness (QED) is 0.0826. The van der Waals surface area contributed by atoms with E-state index in [9.17, 15) is 9.59 Å². The number of para-hydroxylation sites is 1. The number of thiocarbonyl (C=S) groups is 1. The van der Waals surface area contributed by atoms with Crippen molar-refractivity contribution in [2.75, 3.05) is 19.8 Å². The zero-order valence-electron chi connectivity index (χ0n) is 24.8. The van der Waals surface area contributed by atoms with E-state index in [1.165, 1.54) is 6.21 Å². The van der Waals surface area contributed by atoms with Crippen molar-refractivity contribution in [2.45, 2.75) is 33.4 Å². The van der Waals surface area contributed by atoms with Crippen LogP contribution >= 0.6 is 44.1 Å². The van der Waals surface area contributed by atoms with E-state index in [2.05, 4.69) is 53.0 Å². The van der Waals surface area contributed by atoms with Crippen LogP contribution < -0.4 is 30.3 Å². The van der Waals surface area contributed by atoms with E-state index in [0.717, 1.165) is 10.0 Å². The highest BCUT2D eigenvalue weighted by atomic mass is 79.9. The molecule has 1 amide bonds. The van der Waals surface area contributed by atoms with Crippen LogP contribution in [0.3, 0.4) is 0 Å². The highest BCUT2D eigenvalue weighted by Gasteiger charge is 2.32. The summed E-state index contributed by atoms with van der Waals surface area (Å²) in [4.78, 5) is 25.4. The Bertz CT molecular complexity index is 1610. The molecule has 0 bridgehead atoms. The lowest BCUT2D eigenvalue weighted by Crippen LogP contribution is -2.45. The monoisotopic (exact) mass is 758 g/mol. The summed E-state index contributed by atoms with van der Waals surface area (Å²) in [5.74, 6) is 0.540. The number of esters is 1. The zero-order valence-corrected chi connectivity index (χ0v) is 28.8. The molecule has 0 unspecified atom stereocenters. The van der Waals surface area contributed by atoms with Crippen LogP contribution in [0.15, 0.2) is 86.0 Å². The Labute approximate surface area is 283 Å². The molecule has 45 heavy (non-hydrogen) atoms. The van der Waals surface area contributed by atoms with Crippen LogP contribution in [0.5, 0.6) is 17.2 Å². The molecule has 13 heteroatoms. The molecule has 3 aromatic rings. The van der Waals surface area contributed by atoms with Gasteiger partial charge in [0.15, 0.2) is 23.2 Å². The lowest BCUT2D eigenvalue weighted by Gasteiger charge is -2.30. The number of carbonyl (C=O) groups excluding carboxylic acids is 2. The summed E-state index contributed by atoms with van der Waals surface area (Å²) in [6.07, 6.45) is 1.50. The SMILES string of the molecule is CCOC(=O)C1=C(C)NC(=S)N[C@H]1c1ccccc1OCC(=O)NN=Cc1cc(Br)c(OCc2ccc(Br)cc2)c(OCC)c1. The van der Waals surface area contributed by atoms with Gasteiger partial charge in [-0.1, -0.05) is 46.3 Å². The lowest BCUT2D eigenvalue weighted by molar-refractivity contribution is -0.139. The molecule has 0 radical (unpaired) electrons. The predicted molar refractivity (Wildman–Crippen MR) is 182 cm³/mol. The highest BCUT2D eigenvalue weighted by molar-refractivity contribution is 9.10. The van der Waals surface area contributed by atoms with Gasteiger partial charge in [0, 0.05) is 15.7 Å². The van der Waals surface area contributed by atoms with E-state index in [-0.39, 0.29) is 13.2 Å². The summed E-state index contributed by atoms with van der Waals surface area (Å²) in [5, 5.41) is 10.5. The van der Waals surface area contributed by atoms with E-state index < -0.39 is 17.9 Å². The van der Waals surface area contributed by atoms with Gasteiger partial charge in [-0.3, -0.25) is 4.79 Å². The Hall–Kier alpha value is -3.94. The molecule has 0 aromatic heterocycles. The van der Waals surface area contributed by atoms with E-state index in [0.29, 0.717) is 62.4 Å². The molecule has 4 rings (SSSR count). The third-order valence-electron chi connectivity index (χ3n) is 6.38. The molecular formula is C32H32Br2N4O6S. The molecule has 3 N–H and O–H groups in total. The number of halogens is 2. The maximum Gasteiger partial charge on any atom is 0.338 e. The van der Waals surface area contributed by atoms with Crippen molar-refractivity contribution in [3.63, 3.8) is 0 Å². The molecule has 0 saturated carbocycles. The summed E-state index contributed by atoms with van der Waals surface area (Å²) in [5.41, 5.74) is 5.73. The average Bonchev–Trinajstić information content (AvgIpc) is 3.00. The summed E-state index contributed by atoms with van der Waals surface area (Å²) in [7, 11) is 0. The topological polar surface area (TPSA) is 120 Å². The molecule has 0 spiro atoms. The zero-order chi connectivity index (χ0) is 32.3. The van der Waals surface area contributed by atoms with Crippen molar-refractivity contribution in [2.24, 2.45) is 5.10 Å². The van der Waals surface area contributed by atoms with Gasteiger partial charge in [-0.15, -0.1) is 0 Å². The van der Waals surface area contributed by atoms with Crippen LogP contribution in [-0.2, 0) is 20.9 Å². The smallest absolute Gasteiger partial charge is 0.338 e. The van der Waals surface area contributed by atoms with Crippen molar-refractivity contribution in [1.29, 1.82) is 0 Å². The maximum absolute atomic E-state index is 12.8. The second-order valence-corrected chi connectivity index (χ2v) is 11.8. The molecule has 10 nitrogen and oxygen atoms in total. The summed E-state index contributed by atoms with van der Waals surface area (Å²) < 4.78 is 24.7. The second kappa shape index (κ2) is 16.4. The van der Waals surface area contributed by atoms with Gasteiger partial charge in [-0.05, 0) is 90.4 Å². The number of nitrogens with zero attached hydrogens (tertiary/aromatic N) is 1. The first kappa shape index (κ1) is 33.9. The molecule has 0 aliphatic carbocycles. The third-order valence-corrected chi connectivity index (χ3v) is 7.72. The molecule has 1 atom stereocenters. The first-order valence-electron chi connectivity index (χ1n) is 14.0. The van der Waals surface area contributed by atoms with Gasteiger partial charge in [0.1, 0.15) is 12.4 Å². The standard InChI is InChI=1S/C32H32Br2N4O6S/c1-4-41-26-15-21(14-24(34)30(26)44-17-20-10-12-22(33)13-11-20)16-35-38-27(39)18-43-25-9-7-6-8-23(25)29-28(31(40)42-5-2)19(3)36-32(45)37-29/h6-16,29H,4-5,17-18H2,1-3H3,(H,38,39)(H2,36,37,45)/t29-/m0/s1. The maximum atomic E-state index is 12.8. The van der Waals surface area contributed by atoms with E-state index >= 15 is 0 Å². The molecule has 0 fully saturated rings. The normalized spacial score (nSPS) is 14.4. The van der Waals surface area contributed by atoms with E-state index in [4.69, 9.17) is 31.2 Å². The van der Waals surface area contributed by atoms with Crippen molar-refractivity contribution in [1.82, 2.24) is 16.1 Å². The number of carbonyl (C=O) groups is 2. The minimum atomic E-state index is -0.630. The molecule has 1 aliphatic rings. The summed E-state index contributed by atoms with van der Waals surface area (Å²) >= 11 is 12.3. The van der Waals surface area contributed by atoms with Crippen LogP contribution in [0.4, 0.5) is 0 Å². The fourth-order valence-electron chi connectivity index (χ4n) is 4.41. The third kappa shape index (κ3) is 9.28. The van der Waals surface area contributed by atoms with Gasteiger partial charge < -0.3 is 29.6 Å². The lowest BCUT2D eigenvalue weighted by atomic mass is 9.95. The number of hydrogen-bond donors (Lipinski definition) is 3. The van der Waals surface area contributed by atoms with Crippen molar-refractivity contribution >= 4 is 67.3 Å². The van der Waals surface area contributed by atoms with Crippen LogP contribution in [0.2, 0.25) is 0 Å². The average molecular weight is 761 g/mol. The Morgan fingerprint density at radius 3 is 2.49 bits per heavy atom. The Morgan fingerprint density at radius 2 is 1.76 bits per heavy atom. The number of hydrazone groups is 1. The minimum absolute atomic E-state index is 0.222. The minimum Gasteiger partial charge on any atom is -0.490 e. The molecule has 3 aromatic carbocycles. The Morgan fingerprint density at radius 1 is 1.00 bits per heavy atom. The number of benzene rings is 3. The summed E-state index contributed by atoms with van der Waals surface area (Å²) in [6, 6.07) is 17.9. The fourth-order valence-corrected chi connectivity index (χ4v) is 5.52. The number of hydrogen-bond acceptors (Lipinski definition) is 8. The molecule has 1 heterocycles. The van der Waals surface area contributed by atoms with Gasteiger partial charge in [0.2, 0.25) is 0 Å². The first-order valence-corrected chi connectivity index (χ1v) is 16.0. The number of ether oxygens (including phenoxy) is 4. The molecule has 1 aliphatic heterocycles. The van der Waals surface area contributed by atoms with Crippen LogP contribution in [0.25, 0.3) is 0 Å². The molecule has 236 valence electrons. The highest BCUT2D eigenvalue weighted by Crippen LogP contribution is 2.37. The van der Waals surface area contributed by atoms with E-state index in [1.807, 2.05) is 43.3 Å². The van der Waals surface area contributed by atoms with Gasteiger partial charge >= 0.3 is 5.97 Å². The van der Waals surface area contributed by atoms with Crippen molar-refractivity contribution in [3.05, 3.63) is 97.6 Å². The van der Waals surface area contributed by atoms with Gasteiger partial charge in [-0.25, -0.2) is 10.2 Å². The van der Waals surface area contributed by atoms with Gasteiger partial charge in [-0.2, -0.15) is 5.10 Å². The van der Waals surface area contributed by atoms with Crippen LogP contribution in [-0.4, -0.2) is 43.0 Å². The number of amides is 1. The number of nitrogens with one attached hydrogen (secondary N) is 3. The van der Waals surface area contributed by atoms with Crippen LogP contribution in [0, 0.1) is 0 Å². The van der Waals surface area contributed by atoms with Gasteiger partial charge in [0.25, 0.3) is 5.91 Å². The summed E-state index contributed by atoms with van der Waals surface area (Å²) in [6.45, 7) is 6.07. The largest absolute Gasteiger partial charge is 0.490 e. The fraction of sp³-hybridized carbons (Fsp3) is 0.250. The second-order valence-electron chi connectivity index (χ2n) is 9.59. The van der Waals surface area contributed by atoms with Crippen LogP contribution in [0.1, 0.15) is 43.5 Å². The Kier molecular flexibility index (Phi) is 12.4. The van der Waals surface area contributed by atoms with E-state index in [1.54, 1.807) is 38.1 Å². The predicted octanol–water partition coefficient (Wildman–Crippen LogP) is 6.07. The Balaban J connectivity index is 1.41. The first-order chi connectivity index (χ1) is 21.7. The number of allylic oxidation sites excluding steroid dienone is 1. The van der Waals surface area contributed by atoms with Gasteiger partial charge in [0.05, 0.1) is 35.5 Å². The number of rotatable bonds is 13. The van der Waals surface area contributed by atoms with Crippen molar-refractivity contribution < 1.29 is 28.5 Å². The van der Waals surface area contributed by atoms with Crippen molar-refractivity contribution in [3.8, 4) is 17.2 Å². The molecular weight excluding hydrogens is 728 g/mol. The molecule has 0 saturated heterocycles.